The number of benzene rings is 1. The summed E-state index contributed by atoms with van der Waals surface area (Å²) in [5.74, 6) is -0.103. The molecular formula is C20H21N5O4. The van der Waals surface area contributed by atoms with Gasteiger partial charge in [0.15, 0.2) is 0 Å². The predicted octanol–water partition coefficient (Wildman–Crippen LogP) is 3.34. The molecule has 1 aliphatic carbocycles. The lowest BCUT2D eigenvalue weighted by Crippen LogP contribution is -2.31. The van der Waals surface area contributed by atoms with E-state index in [1.165, 1.54) is 23.0 Å². The van der Waals surface area contributed by atoms with Gasteiger partial charge in [-0.2, -0.15) is 9.78 Å². The fourth-order valence-electron chi connectivity index (χ4n) is 3.26. The van der Waals surface area contributed by atoms with Crippen molar-refractivity contribution in [2.45, 2.75) is 32.1 Å². The highest BCUT2D eigenvalue weighted by molar-refractivity contribution is 6.02. The minimum atomic E-state index is -0.456. The maximum absolute atomic E-state index is 12.4. The smallest absolute Gasteiger partial charge is 0.342 e. The fraction of sp³-hybridized carbons (Fsp3) is 0.300. The van der Waals surface area contributed by atoms with Crippen LogP contribution in [0.25, 0.3) is 11.3 Å². The van der Waals surface area contributed by atoms with Crippen molar-refractivity contribution in [3.63, 3.8) is 0 Å². The molecule has 1 saturated carbocycles. The highest BCUT2D eigenvalue weighted by Gasteiger charge is 2.27. The Labute approximate surface area is 166 Å². The van der Waals surface area contributed by atoms with Crippen molar-refractivity contribution in [3.05, 3.63) is 48.0 Å². The molecule has 1 aromatic carbocycles. The number of hydrogen-bond acceptors (Lipinski definition) is 6. The van der Waals surface area contributed by atoms with Gasteiger partial charge in [0.25, 0.3) is 5.91 Å². The van der Waals surface area contributed by atoms with Crippen molar-refractivity contribution in [2.75, 3.05) is 11.9 Å². The van der Waals surface area contributed by atoms with E-state index in [1.807, 2.05) is 13.0 Å². The lowest BCUT2D eigenvalue weighted by molar-refractivity contribution is 0.0988. The third-order valence-corrected chi connectivity index (χ3v) is 4.97. The van der Waals surface area contributed by atoms with Gasteiger partial charge in [-0.15, -0.1) is 0 Å². The van der Waals surface area contributed by atoms with Crippen LogP contribution in [-0.2, 0) is 0 Å². The standard InChI is InChI=1S/C20H21N5O4/c1-2-21-20(28)25-16(12-4-3-5-12)11-15(24-25)14-10-13(6-7-17(14)26)23-19(27)18-8-9-22-29-18/h6-12,26H,2-5H2,1H3,(H,21,28)(H,23,27). The molecule has 2 amide bonds. The van der Waals surface area contributed by atoms with E-state index in [1.54, 1.807) is 12.1 Å². The number of anilines is 1. The Morgan fingerprint density at radius 3 is 2.76 bits per heavy atom. The van der Waals surface area contributed by atoms with Crippen LogP contribution in [0.5, 0.6) is 5.75 Å². The molecule has 2 heterocycles. The van der Waals surface area contributed by atoms with Gasteiger partial charge in [0.2, 0.25) is 5.76 Å². The summed E-state index contributed by atoms with van der Waals surface area (Å²) in [6, 6.07) is 7.64. The average molecular weight is 395 g/mol. The Hall–Kier alpha value is -3.62. The van der Waals surface area contributed by atoms with Crippen molar-refractivity contribution in [1.82, 2.24) is 20.3 Å². The van der Waals surface area contributed by atoms with Crippen LogP contribution in [0, 0.1) is 0 Å². The Morgan fingerprint density at radius 2 is 2.10 bits per heavy atom. The Bertz CT molecular complexity index is 1040. The normalized spacial score (nSPS) is 13.7. The van der Waals surface area contributed by atoms with Crippen LogP contribution >= 0.6 is 0 Å². The van der Waals surface area contributed by atoms with Gasteiger partial charge in [-0.25, -0.2) is 4.79 Å². The molecule has 0 unspecified atom stereocenters. The van der Waals surface area contributed by atoms with Gasteiger partial charge in [-0.1, -0.05) is 11.6 Å². The minimum Gasteiger partial charge on any atom is -0.507 e. The molecule has 4 rings (SSSR count). The van der Waals surface area contributed by atoms with E-state index < -0.39 is 5.91 Å². The van der Waals surface area contributed by atoms with Crippen molar-refractivity contribution >= 4 is 17.6 Å². The van der Waals surface area contributed by atoms with Gasteiger partial charge in [-0.3, -0.25) is 4.79 Å². The third kappa shape index (κ3) is 3.71. The molecule has 0 bridgehead atoms. The number of aromatic hydroxyl groups is 1. The molecule has 9 nitrogen and oxygen atoms in total. The van der Waals surface area contributed by atoms with E-state index in [-0.39, 0.29) is 23.5 Å². The van der Waals surface area contributed by atoms with Gasteiger partial charge in [0, 0.05) is 29.8 Å². The largest absolute Gasteiger partial charge is 0.507 e. The monoisotopic (exact) mass is 395 g/mol. The van der Waals surface area contributed by atoms with E-state index in [4.69, 9.17) is 4.52 Å². The van der Waals surface area contributed by atoms with E-state index >= 15 is 0 Å². The van der Waals surface area contributed by atoms with E-state index in [9.17, 15) is 14.7 Å². The van der Waals surface area contributed by atoms with Crippen molar-refractivity contribution in [1.29, 1.82) is 0 Å². The van der Waals surface area contributed by atoms with Gasteiger partial charge in [-0.05, 0) is 44.0 Å². The van der Waals surface area contributed by atoms with Crippen LogP contribution in [-0.4, -0.2) is 38.5 Å². The second kappa shape index (κ2) is 7.78. The van der Waals surface area contributed by atoms with Gasteiger partial charge in [0.1, 0.15) is 5.75 Å². The highest BCUT2D eigenvalue weighted by atomic mass is 16.5. The van der Waals surface area contributed by atoms with Gasteiger partial charge >= 0.3 is 6.03 Å². The number of aromatic nitrogens is 3. The zero-order valence-corrected chi connectivity index (χ0v) is 15.9. The Kier molecular flexibility index (Phi) is 5.03. The highest BCUT2D eigenvalue weighted by Crippen LogP contribution is 2.39. The Balaban J connectivity index is 1.67. The molecule has 150 valence electrons. The Morgan fingerprint density at radius 1 is 1.28 bits per heavy atom. The van der Waals surface area contributed by atoms with Crippen LogP contribution in [0.15, 0.2) is 41.1 Å². The summed E-state index contributed by atoms with van der Waals surface area (Å²) >= 11 is 0. The molecule has 3 aromatic rings. The lowest BCUT2D eigenvalue weighted by Gasteiger charge is -2.25. The molecule has 29 heavy (non-hydrogen) atoms. The third-order valence-electron chi connectivity index (χ3n) is 4.97. The number of nitrogens with one attached hydrogen (secondary N) is 2. The van der Waals surface area contributed by atoms with Gasteiger partial charge in [0.05, 0.1) is 17.6 Å². The number of phenols is 1. The van der Waals surface area contributed by atoms with E-state index in [0.717, 1.165) is 25.0 Å². The first-order valence-corrected chi connectivity index (χ1v) is 9.50. The molecule has 0 aliphatic heterocycles. The fourth-order valence-corrected chi connectivity index (χ4v) is 3.26. The topological polar surface area (TPSA) is 122 Å². The maximum atomic E-state index is 12.4. The minimum absolute atomic E-state index is 0.00312. The average Bonchev–Trinajstić information content (AvgIpc) is 3.32. The number of carbonyl (C=O) groups is 2. The van der Waals surface area contributed by atoms with Crippen molar-refractivity contribution < 1.29 is 19.2 Å². The first-order chi connectivity index (χ1) is 14.1. The van der Waals surface area contributed by atoms with Crippen molar-refractivity contribution in [2.24, 2.45) is 0 Å². The second-order valence-electron chi connectivity index (χ2n) is 6.89. The van der Waals surface area contributed by atoms with E-state index in [0.29, 0.717) is 23.5 Å². The van der Waals surface area contributed by atoms with E-state index in [2.05, 4.69) is 20.9 Å². The lowest BCUT2D eigenvalue weighted by atomic mass is 9.82. The second-order valence-corrected chi connectivity index (χ2v) is 6.89. The van der Waals surface area contributed by atoms with Crippen LogP contribution in [0.3, 0.4) is 0 Å². The SMILES string of the molecule is CCNC(=O)n1nc(-c2cc(NC(=O)c3ccno3)ccc2O)cc1C1CCC1. The van der Waals surface area contributed by atoms with Gasteiger partial charge < -0.3 is 20.3 Å². The number of hydrogen-bond donors (Lipinski definition) is 3. The zero-order chi connectivity index (χ0) is 20.4. The van der Waals surface area contributed by atoms with Crippen LogP contribution in [0.2, 0.25) is 0 Å². The molecule has 1 aliphatic rings. The van der Waals surface area contributed by atoms with Crippen LogP contribution in [0.4, 0.5) is 10.5 Å². The number of carbonyl (C=O) groups excluding carboxylic acids is 2. The molecule has 3 N–H and O–H groups in total. The summed E-state index contributed by atoms with van der Waals surface area (Å²) in [5, 5.41) is 23.8. The number of amides is 2. The molecular weight excluding hydrogens is 374 g/mol. The summed E-state index contributed by atoms with van der Waals surface area (Å²) in [6.45, 7) is 2.34. The summed E-state index contributed by atoms with van der Waals surface area (Å²) in [5.41, 5.74) is 2.17. The molecule has 0 radical (unpaired) electrons. The number of nitrogens with zero attached hydrogens (tertiary/aromatic N) is 3. The molecule has 1 fully saturated rings. The summed E-state index contributed by atoms with van der Waals surface area (Å²) in [7, 11) is 0. The maximum Gasteiger partial charge on any atom is 0.342 e. The molecule has 2 aromatic heterocycles. The first-order valence-electron chi connectivity index (χ1n) is 9.50. The van der Waals surface area contributed by atoms with Crippen LogP contribution in [0.1, 0.15) is 48.4 Å². The summed E-state index contributed by atoms with van der Waals surface area (Å²) < 4.78 is 6.22. The number of phenolic OH excluding ortho intramolecular Hbond substituents is 1. The zero-order valence-electron chi connectivity index (χ0n) is 15.9. The van der Waals surface area contributed by atoms with Crippen LogP contribution < -0.4 is 10.6 Å². The molecule has 0 spiro atoms. The molecule has 0 atom stereocenters. The molecule has 0 saturated heterocycles. The summed E-state index contributed by atoms with van der Waals surface area (Å²) in [4.78, 5) is 24.6. The van der Waals surface area contributed by atoms with Crippen molar-refractivity contribution in [3.8, 4) is 17.0 Å². The first kappa shape index (κ1) is 18.7. The molecule has 9 heteroatoms. The predicted molar refractivity (Wildman–Crippen MR) is 105 cm³/mol. The summed E-state index contributed by atoms with van der Waals surface area (Å²) in [6.07, 6.45) is 4.51. The quantitative estimate of drug-likeness (QED) is 0.570. The number of rotatable bonds is 5.